The molecule has 0 saturated heterocycles. The normalized spacial score (nSPS) is 15.9. The number of hydrogen-bond acceptors (Lipinski definition) is 2. The molecule has 0 atom stereocenters. The van der Waals surface area contributed by atoms with Gasteiger partial charge in [0.05, 0.1) is 5.69 Å². The number of nitrogens with zero attached hydrogens (tertiary/aromatic N) is 1. The standard InChI is InChI=1S/C12H15N3O/c1-8(16)14-10-4-6-11(7-5-10)15-12(13)9-2-3-9/h4-7,9H,2-3H2,1H3,(H2,13,15)(H,14,16). The van der Waals surface area contributed by atoms with Gasteiger partial charge in [0.1, 0.15) is 5.84 Å². The molecule has 84 valence electrons. The molecule has 1 amide bonds. The number of anilines is 1. The first-order chi connectivity index (χ1) is 7.65. The molecule has 1 fully saturated rings. The highest BCUT2D eigenvalue weighted by Gasteiger charge is 2.25. The molecule has 0 heterocycles. The fraction of sp³-hybridized carbons (Fsp3) is 0.333. The van der Waals surface area contributed by atoms with Crippen molar-refractivity contribution in [1.82, 2.24) is 0 Å². The summed E-state index contributed by atoms with van der Waals surface area (Å²) in [4.78, 5) is 15.1. The van der Waals surface area contributed by atoms with E-state index < -0.39 is 0 Å². The molecule has 1 aliphatic rings. The van der Waals surface area contributed by atoms with Gasteiger partial charge in [-0.05, 0) is 37.1 Å². The number of amidine groups is 1. The third-order valence-corrected chi connectivity index (χ3v) is 2.44. The maximum absolute atomic E-state index is 10.8. The molecule has 0 spiro atoms. The second kappa shape index (κ2) is 4.35. The van der Waals surface area contributed by atoms with E-state index in [-0.39, 0.29) is 5.91 Å². The summed E-state index contributed by atoms with van der Waals surface area (Å²) in [5.74, 6) is 1.12. The van der Waals surface area contributed by atoms with Crippen LogP contribution in [0.15, 0.2) is 29.3 Å². The summed E-state index contributed by atoms with van der Waals surface area (Å²) in [7, 11) is 0. The van der Waals surface area contributed by atoms with Crippen LogP contribution in [0.4, 0.5) is 11.4 Å². The number of carbonyl (C=O) groups excluding carboxylic acids is 1. The van der Waals surface area contributed by atoms with Gasteiger partial charge < -0.3 is 11.1 Å². The Balaban J connectivity index is 2.06. The molecule has 4 nitrogen and oxygen atoms in total. The van der Waals surface area contributed by atoms with Gasteiger partial charge in [-0.1, -0.05) is 0 Å². The summed E-state index contributed by atoms with van der Waals surface area (Å²) in [5, 5.41) is 2.70. The summed E-state index contributed by atoms with van der Waals surface area (Å²) in [5.41, 5.74) is 7.42. The molecule has 0 unspecified atom stereocenters. The van der Waals surface area contributed by atoms with Crippen LogP contribution in [0.1, 0.15) is 19.8 Å². The molecule has 0 bridgehead atoms. The van der Waals surface area contributed by atoms with E-state index in [2.05, 4.69) is 10.3 Å². The van der Waals surface area contributed by atoms with Crippen molar-refractivity contribution in [2.24, 2.45) is 16.6 Å². The zero-order valence-corrected chi connectivity index (χ0v) is 9.23. The zero-order chi connectivity index (χ0) is 11.5. The summed E-state index contributed by atoms with van der Waals surface area (Å²) < 4.78 is 0. The minimum absolute atomic E-state index is 0.0752. The lowest BCUT2D eigenvalue weighted by atomic mass is 10.2. The number of rotatable bonds is 3. The van der Waals surface area contributed by atoms with Gasteiger partial charge in [0, 0.05) is 18.5 Å². The molecule has 0 aliphatic heterocycles. The molecule has 3 N–H and O–H groups in total. The van der Waals surface area contributed by atoms with Crippen molar-refractivity contribution in [1.29, 1.82) is 0 Å². The van der Waals surface area contributed by atoms with Crippen LogP contribution < -0.4 is 11.1 Å². The van der Waals surface area contributed by atoms with Crippen LogP contribution in [0, 0.1) is 5.92 Å². The lowest BCUT2D eigenvalue weighted by Crippen LogP contribution is -2.13. The third kappa shape index (κ3) is 2.82. The third-order valence-electron chi connectivity index (χ3n) is 2.44. The largest absolute Gasteiger partial charge is 0.387 e. The summed E-state index contributed by atoms with van der Waals surface area (Å²) in [6, 6.07) is 7.34. The predicted molar refractivity (Wildman–Crippen MR) is 64.8 cm³/mol. The molecule has 2 rings (SSSR count). The van der Waals surface area contributed by atoms with Crippen LogP contribution in [-0.4, -0.2) is 11.7 Å². The number of carbonyl (C=O) groups is 1. The highest BCUT2D eigenvalue weighted by atomic mass is 16.1. The number of hydrogen-bond donors (Lipinski definition) is 2. The van der Waals surface area contributed by atoms with Crippen molar-refractivity contribution in [2.45, 2.75) is 19.8 Å². The Morgan fingerprint density at radius 1 is 1.38 bits per heavy atom. The first-order valence-corrected chi connectivity index (χ1v) is 5.37. The topological polar surface area (TPSA) is 67.5 Å². The number of nitrogens with two attached hydrogens (primary N) is 1. The van der Waals surface area contributed by atoms with E-state index in [0.29, 0.717) is 11.8 Å². The Morgan fingerprint density at radius 2 is 2.00 bits per heavy atom. The fourth-order valence-corrected chi connectivity index (χ4v) is 1.44. The van der Waals surface area contributed by atoms with Crippen LogP contribution in [0.3, 0.4) is 0 Å². The van der Waals surface area contributed by atoms with Crippen LogP contribution in [0.5, 0.6) is 0 Å². The van der Waals surface area contributed by atoms with Gasteiger partial charge in [0.15, 0.2) is 0 Å². The average Bonchev–Trinajstić information content (AvgIpc) is 3.03. The second-order valence-electron chi connectivity index (χ2n) is 4.04. The minimum atomic E-state index is -0.0752. The van der Waals surface area contributed by atoms with E-state index >= 15 is 0 Å². The van der Waals surface area contributed by atoms with Crippen molar-refractivity contribution in [3.05, 3.63) is 24.3 Å². The summed E-state index contributed by atoms with van der Waals surface area (Å²) in [6.07, 6.45) is 2.30. The van der Waals surface area contributed by atoms with Crippen LogP contribution >= 0.6 is 0 Å². The highest BCUT2D eigenvalue weighted by Crippen LogP contribution is 2.30. The Hall–Kier alpha value is -1.84. The molecule has 1 aromatic rings. The fourth-order valence-electron chi connectivity index (χ4n) is 1.44. The molecule has 16 heavy (non-hydrogen) atoms. The Bertz CT molecular complexity index is 418. The van der Waals surface area contributed by atoms with E-state index in [9.17, 15) is 4.79 Å². The van der Waals surface area contributed by atoms with Crippen molar-refractivity contribution in [3.63, 3.8) is 0 Å². The van der Waals surface area contributed by atoms with Crippen molar-refractivity contribution < 1.29 is 4.79 Å². The number of nitrogens with one attached hydrogen (secondary N) is 1. The van der Waals surface area contributed by atoms with Gasteiger partial charge in [0.25, 0.3) is 0 Å². The number of aliphatic imine (C=N–C) groups is 1. The van der Waals surface area contributed by atoms with Crippen LogP contribution in [-0.2, 0) is 4.79 Å². The highest BCUT2D eigenvalue weighted by molar-refractivity contribution is 5.89. The second-order valence-corrected chi connectivity index (χ2v) is 4.04. The van der Waals surface area contributed by atoms with Gasteiger partial charge in [-0.3, -0.25) is 4.79 Å². The lowest BCUT2D eigenvalue weighted by Gasteiger charge is -2.02. The molecule has 1 aromatic carbocycles. The van der Waals surface area contributed by atoms with E-state index in [1.807, 2.05) is 24.3 Å². The molecule has 1 saturated carbocycles. The van der Waals surface area contributed by atoms with E-state index in [4.69, 9.17) is 5.73 Å². The Kier molecular flexibility index (Phi) is 2.90. The van der Waals surface area contributed by atoms with Crippen LogP contribution in [0.25, 0.3) is 0 Å². The molecular formula is C12H15N3O. The molecule has 0 radical (unpaired) electrons. The van der Waals surface area contributed by atoms with Gasteiger partial charge in [-0.2, -0.15) is 0 Å². The SMILES string of the molecule is CC(=O)Nc1ccc(N=C(N)C2CC2)cc1. The van der Waals surface area contributed by atoms with Gasteiger partial charge >= 0.3 is 0 Å². The van der Waals surface area contributed by atoms with Crippen molar-refractivity contribution in [3.8, 4) is 0 Å². The Labute approximate surface area is 94.6 Å². The average molecular weight is 217 g/mol. The van der Waals surface area contributed by atoms with Gasteiger partial charge in [-0.15, -0.1) is 0 Å². The number of benzene rings is 1. The maximum atomic E-state index is 10.8. The Morgan fingerprint density at radius 3 is 2.50 bits per heavy atom. The molecule has 4 heteroatoms. The molecule has 0 aromatic heterocycles. The van der Waals surface area contributed by atoms with Crippen molar-refractivity contribution in [2.75, 3.05) is 5.32 Å². The molecule has 1 aliphatic carbocycles. The van der Waals surface area contributed by atoms with E-state index in [1.54, 1.807) is 0 Å². The lowest BCUT2D eigenvalue weighted by molar-refractivity contribution is -0.114. The van der Waals surface area contributed by atoms with E-state index in [0.717, 1.165) is 24.2 Å². The van der Waals surface area contributed by atoms with Crippen molar-refractivity contribution >= 4 is 23.1 Å². The monoisotopic (exact) mass is 217 g/mol. The summed E-state index contributed by atoms with van der Waals surface area (Å²) in [6.45, 7) is 1.48. The summed E-state index contributed by atoms with van der Waals surface area (Å²) >= 11 is 0. The maximum Gasteiger partial charge on any atom is 0.221 e. The molecular weight excluding hydrogens is 202 g/mol. The minimum Gasteiger partial charge on any atom is -0.387 e. The number of amides is 1. The van der Waals surface area contributed by atoms with E-state index in [1.165, 1.54) is 6.92 Å². The first-order valence-electron chi connectivity index (χ1n) is 5.37. The first kappa shape index (κ1) is 10.7. The quantitative estimate of drug-likeness (QED) is 0.601. The zero-order valence-electron chi connectivity index (χ0n) is 9.23. The predicted octanol–water partition coefficient (Wildman–Crippen LogP) is 2.04. The smallest absolute Gasteiger partial charge is 0.221 e. The van der Waals surface area contributed by atoms with Crippen LogP contribution in [0.2, 0.25) is 0 Å². The van der Waals surface area contributed by atoms with Gasteiger partial charge in [-0.25, -0.2) is 4.99 Å². The van der Waals surface area contributed by atoms with Gasteiger partial charge in [0.2, 0.25) is 5.91 Å².